The molecule has 0 aliphatic rings. The summed E-state index contributed by atoms with van der Waals surface area (Å²) in [6.07, 6.45) is 4.38. The molecule has 26 heavy (non-hydrogen) atoms. The van der Waals surface area contributed by atoms with Crippen molar-refractivity contribution in [1.29, 1.82) is 0 Å². The second kappa shape index (κ2) is 8.44. The summed E-state index contributed by atoms with van der Waals surface area (Å²) in [4.78, 5) is 12.4. The number of aryl methyl sites for hydroxylation is 1. The first-order valence-electron chi connectivity index (χ1n) is 8.67. The maximum Gasteiger partial charge on any atom is 0.242 e. The summed E-state index contributed by atoms with van der Waals surface area (Å²) in [6.45, 7) is 5.06. The molecule has 0 spiro atoms. The van der Waals surface area contributed by atoms with Gasteiger partial charge < -0.3 is 15.2 Å². The Balaban J connectivity index is 1.62. The summed E-state index contributed by atoms with van der Waals surface area (Å²) < 4.78 is 6.87. The molecule has 136 valence electrons. The molecular formula is C19H23N5O2. The summed E-state index contributed by atoms with van der Waals surface area (Å²) in [7, 11) is 0. The lowest BCUT2D eigenvalue weighted by Gasteiger charge is -2.17. The Kier molecular flexibility index (Phi) is 5.80. The van der Waals surface area contributed by atoms with Crippen LogP contribution in [0.3, 0.4) is 0 Å². The van der Waals surface area contributed by atoms with E-state index in [2.05, 4.69) is 33.0 Å². The Hall–Kier alpha value is -2.93. The highest BCUT2D eigenvalue weighted by molar-refractivity contribution is 5.93. The van der Waals surface area contributed by atoms with Gasteiger partial charge in [0.05, 0.1) is 12.6 Å². The first-order chi connectivity index (χ1) is 12.7. The quantitative estimate of drug-likeness (QED) is 0.650. The predicted octanol–water partition coefficient (Wildman–Crippen LogP) is 2.73. The minimum Gasteiger partial charge on any atom is -0.360 e. The smallest absolute Gasteiger partial charge is 0.242 e. The van der Waals surface area contributed by atoms with E-state index in [0.717, 1.165) is 5.56 Å². The van der Waals surface area contributed by atoms with E-state index >= 15 is 0 Å². The van der Waals surface area contributed by atoms with Gasteiger partial charge in [-0.15, -0.1) is 0 Å². The molecule has 0 radical (unpaired) electrons. The van der Waals surface area contributed by atoms with Gasteiger partial charge in [0.1, 0.15) is 5.76 Å². The summed E-state index contributed by atoms with van der Waals surface area (Å²) in [5.41, 5.74) is 2.32. The van der Waals surface area contributed by atoms with Gasteiger partial charge in [-0.3, -0.25) is 9.48 Å². The number of amides is 1. The van der Waals surface area contributed by atoms with Gasteiger partial charge in [-0.1, -0.05) is 36.3 Å². The number of carbonyl (C=O) groups is 1. The Morgan fingerprint density at radius 1 is 1.27 bits per heavy atom. The van der Waals surface area contributed by atoms with Gasteiger partial charge in [0.2, 0.25) is 5.91 Å². The molecule has 2 aromatic heterocycles. The minimum atomic E-state index is -0.315. The average Bonchev–Trinajstić information content (AvgIpc) is 3.28. The molecule has 0 saturated heterocycles. The first-order valence-corrected chi connectivity index (χ1v) is 8.67. The first kappa shape index (κ1) is 17.9. The lowest BCUT2D eigenvalue weighted by atomic mass is 10.1. The van der Waals surface area contributed by atoms with E-state index < -0.39 is 0 Å². The van der Waals surface area contributed by atoms with E-state index in [1.165, 1.54) is 5.56 Å². The van der Waals surface area contributed by atoms with Crippen LogP contribution in [0.1, 0.15) is 30.2 Å². The zero-order valence-corrected chi connectivity index (χ0v) is 15.0. The number of nitrogens with one attached hydrogen (secondary N) is 2. The minimum absolute atomic E-state index is 0.120. The lowest BCUT2D eigenvalue weighted by Crippen LogP contribution is -2.39. The second-order valence-corrected chi connectivity index (χ2v) is 6.13. The highest BCUT2D eigenvalue weighted by Gasteiger charge is 2.17. The van der Waals surface area contributed by atoms with Crippen molar-refractivity contribution < 1.29 is 9.32 Å². The third kappa shape index (κ3) is 4.58. The van der Waals surface area contributed by atoms with Crippen molar-refractivity contribution in [2.45, 2.75) is 39.4 Å². The van der Waals surface area contributed by atoms with Gasteiger partial charge in [0.15, 0.2) is 5.82 Å². The van der Waals surface area contributed by atoms with Gasteiger partial charge in [-0.25, -0.2) is 0 Å². The van der Waals surface area contributed by atoms with Gasteiger partial charge in [-0.05, 0) is 30.5 Å². The van der Waals surface area contributed by atoms with E-state index in [4.69, 9.17) is 4.52 Å². The van der Waals surface area contributed by atoms with Gasteiger partial charge in [-0.2, -0.15) is 5.10 Å². The van der Waals surface area contributed by atoms with E-state index in [1.54, 1.807) is 19.2 Å². The number of rotatable bonds is 8. The molecular weight excluding hydrogens is 330 g/mol. The van der Waals surface area contributed by atoms with Crippen molar-refractivity contribution in [1.82, 2.24) is 20.3 Å². The van der Waals surface area contributed by atoms with Crippen LogP contribution in [-0.2, 0) is 17.9 Å². The van der Waals surface area contributed by atoms with Crippen LogP contribution in [0.4, 0.5) is 5.82 Å². The lowest BCUT2D eigenvalue weighted by molar-refractivity contribution is -0.118. The maximum absolute atomic E-state index is 12.4. The number of carbonyl (C=O) groups excluding carboxylic acids is 1. The van der Waals surface area contributed by atoms with Crippen molar-refractivity contribution in [3.63, 3.8) is 0 Å². The fourth-order valence-electron chi connectivity index (χ4n) is 2.75. The van der Waals surface area contributed by atoms with Crippen molar-refractivity contribution in [3.05, 3.63) is 65.7 Å². The van der Waals surface area contributed by atoms with Crippen molar-refractivity contribution in [3.8, 4) is 0 Å². The van der Waals surface area contributed by atoms with Crippen LogP contribution in [0, 0.1) is 6.92 Å². The molecule has 1 aromatic carbocycles. The zero-order valence-electron chi connectivity index (χ0n) is 15.0. The SMILES string of the molecule is CCC(NCc1ccccc1Cn1cccn1)C(=O)Nc1cc(C)on1. The van der Waals surface area contributed by atoms with Crippen LogP contribution < -0.4 is 10.6 Å². The summed E-state index contributed by atoms with van der Waals surface area (Å²) in [5.74, 6) is 0.978. The third-order valence-electron chi connectivity index (χ3n) is 4.15. The van der Waals surface area contributed by atoms with Crippen LogP contribution >= 0.6 is 0 Å². The molecule has 7 nitrogen and oxygen atoms in total. The topological polar surface area (TPSA) is 85.0 Å². The molecule has 0 aliphatic carbocycles. The number of nitrogens with zero attached hydrogens (tertiary/aromatic N) is 3. The molecule has 1 atom stereocenters. The number of hydrogen-bond acceptors (Lipinski definition) is 5. The Morgan fingerprint density at radius 2 is 2.08 bits per heavy atom. The second-order valence-electron chi connectivity index (χ2n) is 6.13. The predicted molar refractivity (Wildman–Crippen MR) is 98.6 cm³/mol. The number of benzene rings is 1. The van der Waals surface area contributed by atoms with Crippen molar-refractivity contribution >= 4 is 11.7 Å². The summed E-state index contributed by atoms with van der Waals surface area (Å²) >= 11 is 0. The molecule has 0 bridgehead atoms. The summed E-state index contributed by atoms with van der Waals surface area (Å²) in [5, 5.41) is 14.2. The van der Waals surface area contributed by atoms with Crippen LogP contribution in [-0.4, -0.2) is 26.9 Å². The Morgan fingerprint density at radius 3 is 2.73 bits per heavy atom. The Labute approximate surface area is 152 Å². The number of anilines is 1. The standard InChI is InChI=1S/C19H23N5O2/c1-3-17(19(25)22-18-11-14(2)26-23-18)20-12-15-7-4-5-8-16(15)13-24-10-6-9-21-24/h4-11,17,20H,3,12-13H2,1-2H3,(H,22,23,25). The van der Waals surface area contributed by atoms with Crippen LogP contribution in [0.15, 0.2) is 53.3 Å². The summed E-state index contributed by atoms with van der Waals surface area (Å²) in [6, 6.07) is 11.5. The molecule has 0 saturated carbocycles. The van der Waals surface area contributed by atoms with E-state index in [-0.39, 0.29) is 11.9 Å². The zero-order chi connectivity index (χ0) is 18.4. The Bertz CT molecular complexity index is 841. The molecule has 0 aliphatic heterocycles. The fraction of sp³-hybridized carbons (Fsp3) is 0.316. The van der Waals surface area contributed by atoms with Gasteiger partial charge >= 0.3 is 0 Å². The monoisotopic (exact) mass is 353 g/mol. The molecule has 3 aromatic rings. The van der Waals surface area contributed by atoms with E-state index in [0.29, 0.717) is 31.1 Å². The molecule has 1 unspecified atom stereocenters. The van der Waals surface area contributed by atoms with E-state index in [1.807, 2.05) is 36.0 Å². The van der Waals surface area contributed by atoms with Crippen molar-refractivity contribution in [2.24, 2.45) is 0 Å². The van der Waals surface area contributed by atoms with Crippen LogP contribution in [0.5, 0.6) is 0 Å². The molecule has 1 amide bonds. The molecule has 3 rings (SSSR count). The molecule has 2 N–H and O–H groups in total. The van der Waals surface area contributed by atoms with Gasteiger partial charge in [0, 0.05) is 25.0 Å². The number of aromatic nitrogens is 3. The van der Waals surface area contributed by atoms with Gasteiger partial charge in [0.25, 0.3) is 0 Å². The third-order valence-corrected chi connectivity index (χ3v) is 4.15. The molecule has 0 fully saturated rings. The van der Waals surface area contributed by atoms with Crippen LogP contribution in [0.2, 0.25) is 0 Å². The van der Waals surface area contributed by atoms with Crippen LogP contribution in [0.25, 0.3) is 0 Å². The highest BCUT2D eigenvalue weighted by Crippen LogP contribution is 2.12. The molecule has 2 heterocycles. The largest absolute Gasteiger partial charge is 0.360 e. The average molecular weight is 353 g/mol. The number of hydrogen-bond donors (Lipinski definition) is 2. The van der Waals surface area contributed by atoms with Crippen molar-refractivity contribution in [2.75, 3.05) is 5.32 Å². The highest BCUT2D eigenvalue weighted by atomic mass is 16.5. The van der Waals surface area contributed by atoms with E-state index in [9.17, 15) is 4.79 Å². The normalized spacial score (nSPS) is 12.1. The maximum atomic E-state index is 12.4. The fourth-order valence-corrected chi connectivity index (χ4v) is 2.75. The molecule has 7 heteroatoms.